The van der Waals surface area contributed by atoms with Crippen molar-refractivity contribution in [1.82, 2.24) is 0 Å². The normalized spacial score (nSPS) is 12.3. The minimum Gasteiger partial charge on any atom is -0.462 e. The van der Waals surface area contributed by atoms with Gasteiger partial charge in [-0.1, -0.05) is 6.07 Å². The van der Waals surface area contributed by atoms with E-state index in [2.05, 4.69) is 0 Å². The van der Waals surface area contributed by atoms with Crippen LogP contribution in [0.4, 0.5) is 0 Å². The summed E-state index contributed by atoms with van der Waals surface area (Å²) in [6.07, 6.45) is 0. The predicted octanol–water partition coefficient (Wildman–Crippen LogP) is 2.19. The third-order valence-corrected chi connectivity index (χ3v) is 2.28. The first-order chi connectivity index (χ1) is 7.06. The van der Waals surface area contributed by atoms with Crippen molar-refractivity contribution >= 4 is 5.97 Å². The van der Waals surface area contributed by atoms with Crippen LogP contribution in [0.1, 0.15) is 41.4 Å². The molecule has 1 unspecified atom stereocenters. The summed E-state index contributed by atoms with van der Waals surface area (Å²) >= 11 is 0. The summed E-state index contributed by atoms with van der Waals surface area (Å²) in [6, 6.07) is 5.39. The van der Waals surface area contributed by atoms with Gasteiger partial charge in [-0.15, -0.1) is 0 Å². The number of ether oxygens (including phenoxy) is 1. The van der Waals surface area contributed by atoms with Crippen LogP contribution in [0.25, 0.3) is 0 Å². The highest BCUT2D eigenvalue weighted by atomic mass is 16.5. The second-order valence-corrected chi connectivity index (χ2v) is 3.58. The number of hydrogen-bond donors (Lipinski definition) is 1. The van der Waals surface area contributed by atoms with Crippen molar-refractivity contribution in [2.75, 3.05) is 6.61 Å². The number of carbonyl (C=O) groups is 1. The van der Waals surface area contributed by atoms with Gasteiger partial charge in [0.1, 0.15) is 0 Å². The van der Waals surface area contributed by atoms with Gasteiger partial charge in [-0.05, 0) is 44.0 Å². The maximum atomic E-state index is 11.5. The van der Waals surface area contributed by atoms with Crippen LogP contribution < -0.4 is 5.73 Å². The zero-order valence-electron chi connectivity index (χ0n) is 9.41. The minimum absolute atomic E-state index is 0.0700. The van der Waals surface area contributed by atoms with Crippen LogP contribution in [-0.4, -0.2) is 12.6 Å². The summed E-state index contributed by atoms with van der Waals surface area (Å²) in [5, 5.41) is 0. The summed E-state index contributed by atoms with van der Waals surface area (Å²) in [5.41, 5.74) is 8.45. The van der Waals surface area contributed by atoms with Crippen LogP contribution >= 0.6 is 0 Å². The Labute approximate surface area is 90.2 Å². The molecule has 3 nitrogen and oxygen atoms in total. The second-order valence-electron chi connectivity index (χ2n) is 3.58. The number of aryl methyl sites for hydroxylation is 1. The van der Waals surface area contributed by atoms with Gasteiger partial charge in [0, 0.05) is 6.04 Å². The lowest BCUT2D eigenvalue weighted by molar-refractivity contribution is 0.0526. The molecule has 0 fully saturated rings. The Bertz CT molecular complexity index is 359. The van der Waals surface area contributed by atoms with E-state index in [0.29, 0.717) is 12.2 Å². The van der Waals surface area contributed by atoms with Crippen molar-refractivity contribution in [3.63, 3.8) is 0 Å². The summed E-state index contributed by atoms with van der Waals surface area (Å²) in [6.45, 7) is 6.06. The summed E-state index contributed by atoms with van der Waals surface area (Å²) in [5.74, 6) is -0.292. The molecule has 0 radical (unpaired) electrons. The van der Waals surface area contributed by atoms with Gasteiger partial charge in [0.15, 0.2) is 0 Å². The first-order valence-corrected chi connectivity index (χ1v) is 5.09. The van der Waals surface area contributed by atoms with E-state index in [-0.39, 0.29) is 12.0 Å². The minimum atomic E-state index is -0.292. The third-order valence-electron chi connectivity index (χ3n) is 2.28. The van der Waals surface area contributed by atoms with Crippen molar-refractivity contribution in [2.45, 2.75) is 26.8 Å². The second kappa shape index (κ2) is 4.94. The Morgan fingerprint density at radius 3 is 2.73 bits per heavy atom. The van der Waals surface area contributed by atoms with Gasteiger partial charge in [0.05, 0.1) is 12.2 Å². The van der Waals surface area contributed by atoms with Gasteiger partial charge in [0.25, 0.3) is 0 Å². The molecular formula is C12H17NO2. The third kappa shape index (κ3) is 2.80. The molecule has 2 N–H and O–H groups in total. The van der Waals surface area contributed by atoms with E-state index in [1.807, 2.05) is 19.9 Å². The predicted molar refractivity (Wildman–Crippen MR) is 59.7 cm³/mol. The quantitative estimate of drug-likeness (QED) is 0.773. The lowest BCUT2D eigenvalue weighted by Gasteiger charge is -2.11. The topological polar surface area (TPSA) is 52.3 Å². The molecule has 0 heterocycles. The highest BCUT2D eigenvalue weighted by Gasteiger charge is 2.10. The van der Waals surface area contributed by atoms with Gasteiger partial charge in [-0.3, -0.25) is 0 Å². The fraction of sp³-hybridized carbons (Fsp3) is 0.417. The fourth-order valence-electron chi connectivity index (χ4n) is 1.47. The smallest absolute Gasteiger partial charge is 0.338 e. The summed E-state index contributed by atoms with van der Waals surface area (Å²) in [4.78, 5) is 11.5. The van der Waals surface area contributed by atoms with E-state index in [9.17, 15) is 4.79 Å². The van der Waals surface area contributed by atoms with E-state index < -0.39 is 0 Å². The molecule has 82 valence electrons. The van der Waals surface area contributed by atoms with Gasteiger partial charge >= 0.3 is 5.97 Å². The summed E-state index contributed by atoms with van der Waals surface area (Å²) < 4.78 is 4.92. The Morgan fingerprint density at radius 2 is 2.20 bits per heavy atom. The Balaban J connectivity index is 3.02. The van der Waals surface area contributed by atoms with E-state index in [0.717, 1.165) is 11.1 Å². The number of hydrogen-bond acceptors (Lipinski definition) is 3. The van der Waals surface area contributed by atoms with Gasteiger partial charge < -0.3 is 10.5 Å². The van der Waals surface area contributed by atoms with Crippen molar-refractivity contribution < 1.29 is 9.53 Å². The van der Waals surface area contributed by atoms with E-state index in [1.54, 1.807) is 19.1 Å². The van der Waals surface area contributed by atoms with Crippen molar-refractivity contribution in [1.29, 1.82) is 0 Å². The van der Waals surface area contributed by atoms with Crippen LogP contribution in [0.2, 0.25) is 0 Å². The largest absolute Gasteiger partial charge is 0.462 e. The Morgan fingerprint density at radius 1 is 1.53 bits per heavy atom. The molecule has 1 rings (SSSR count). The molecule has 15 heavy (non-hydrogen) atoms. The SMILES string of the molecule is CCOC(=O)c1ccc(C)c(C(C)N)c1. The molecule has 0 amide bonds. The molecule has 3 heteroatoms. The molecule has 0 saturated carbocycles. The Kier molecular flexibility index (Phi) is 3.86. The van der Waals surface area contributed by atoms with Crippen LogP contribution in [0.3, 0.4) is 0 Å². The van der Waals surface area contributed by atoms with Crippen molar-refractivity contribution in [3.8, 4) is 0 Å². The maximum Gasteiger partial charge on any atom is 0.338 e. The molecule has 1 aromatic carbocycles. The van der Waals surface area contributed by atoms with Gasteiger partial charge in [0.2, 0.25) is 0 Å². The van der Waals surface area contributed by atoms with Crippen LogP contribution in [0.5, 0.6) is 0 Å². The fourth-order valence-corrected chi connectivity index (χ4v) is 1.47. The highest BCUT2D eigenvalue weighted by Crippen LogP contribution is 2.17. The molecule has 1 aromatic rings. The van der Waals surface area contributed by atoms with Gasteiger partial charge in [-0.25, -0.2) is 4.79 Å². The van der Waals surface area contributed by atoms with Crippen LogP contribution in [-0.2, 0) is 4.74 Å². The number of benzene rings is 1. The molecule has 0 aliphatic rings. The molecule has 0 spiro atoms. The monoisotopic (exact) mass is 207 g/mol. The maximum absolute atomic E-state index is 11.5. The highest BCUT2D eigenvalue weighted by molar-refractivity contribution is 5.89. The lowest BCUT2D eigenvalue weighted by atomic mass is 10.0. The average Bonchev–Trinajstić information content (AvgIpc) is 2.18. The molecule has 0 aliphatic heterocycles. The average molecular weight is 207 g/mol. The molecule has 0 aromatic heterocycles. The Hall–Kier alpha value is -1.35. The zero-order chi connectivity index (χ0) is 11.4. The number of rotatable bonds is 3. The molecule has 0 bridgehead atoms. The van der Waals surface area contributed by atoms with Crippen LogP contribution in [0.15, 0.2) is 18.2 Å². The molecular weight excluding hydrogens is 190 g/mol. The summed E-state index contributed by atoms with van der Waals surface area (Å²) in [7, 11) is 0. The van der Waals surface area contributed by atoms with Crippen LogP contribution in [0, 0.1) is 6.92 Å². The van der Waals surface area contributed by atoms with E-state index >= 15 is 0 Å². The molecule has 0 saturated heterocycles. The lowest BCUT2D eigenvalue weighted by Crippen LogP contribution is -2.10. The number of nitrogens with two attached hydrogens (primary N) is 1. The number of carbonyl (C=O) groups excluding carboxylic acids is 1. The molecule has 0 aliphatic carbocycles. The first-order valence-electron chi connectivity index (χ1n) is 5.09. The number of esters is 1. The van der Waals surface area contributed by atoms with Crippen molar-refractivity contribution in [2.24, 2.45) is 5.73 Å². The molecule has 1 atom stereocenters. The van der Waals surface area contributed by atoms with E-state index in [4.69, 9.17) is 10.5 Å². The van der Waals surface area contributed by atoms with Gasteiger partial charge in [-0.2, -0.15) is 0 Å². The zero-order valence-corrected chi connectivity index (χ0v) is 9.41. The standard InChI is InChI=1S/C12H17NO2/c1-4-15-12(14)10-6-5-8(2)11(7-10)9(3)13/h5-7,9H,4,13H2,1-3H3. The van der Waals surface area contributed by atoms with E-state index in [1.165, 1.54) is 0 Å². The first kappa shape index (κ1) is 11.7. The van der Waals surface area contributed by atoms with Crippen molar-refractivity contribution in [3.05, 3.63) is 34.9 Å².